The first-order chi connectivity index (χ1) is 13.5. The van der Waals surface area contributed by atoms with Crippen molar-refractivity contribution in [2.75, 3.05) is 5.75 Å². The lowest BCUT2D eigenvalue weighted by atomic mass is 10.1. The average Bonchev–Trinajstić information content (AvgIpc) is 3.01. The van der Waals surface area contributed by atoms with Gasteiger partial charge in [-0.05, 0) is 38.5 Å². The number of halogens is 1. The first-order valence-corrected chi connectivity index (χ1v) is 10.3. The molecule has 7 nitrogen and oxygen atoms in total. The first-order valence-electron chi connectivity index (χ1n) is 8.92. The number of aromatic carboxylic acids is 1. The number of amides is 1. The van der Waals surface area contributed by atoms with Crippen LogP contribution in [0.15, 0.2) is 40.2 Å². The molecule has 1 aromatic heterocycles. The van der Waals surface area contributed by atoms with Gasteiger partial charge in [0, 0.05) is 21.9 Å². The zero-order valence-electron chi connectivity index (χ0n) is 16.2. The summed E-state index contributed by atoms with van der Waals surface area (Å²) in [5.74, 6) is -0.772. The Labute approximate surface area is 177 Å². The van der Waals surface area contributed by atoms with E-state index in [1.807, 2.05) is 0 Å². The molecular formula is C20H21ClN2O5S. The number of pyridine rings is 1. The number of nitrogens with one attached hydrogen (secondary N) is 1. The molecule has 2 N–H and O–H groups in total. The molecule has 0 radical (unpaired) electrons. The van der Waals surface area contributed by atoms with Crippen molar-refractivity contribution in [2.24, 2.45) is 0 Å². The Balaban J connectivity index is 1.98. The van der Waals surface area contributed by atoms with Crippen LogP contribution in [0.5, 0.6) is 0 Å². The molecule has 1 aliphatic rings. The van der Waals surface area contributed by atoms with Crippen LogP contribution in [0.25, 0.3) is 0 Å². The van der Waals surface area contributed by atoms with Gasteiger partial charge in [0.25, 0.3) is 5.56 Å². The minimum atomic E-state index is -1.13. The van der Waals surface area contributed by atoms with Gasteiger partial charge in [0.05, 0.1) is 23.7 Å². The number of hydrogen-bond acceptors (Lipinski definition) is 5. The van der Waals surface area contributed by atoms with Crippen molar-refractivity contribution in [2.45, 2.75) is 43.9 Å². The lowest BCUT2D eigenvalue weighted by Crippen LogP contribution is -2.38. The Morgan fingerprint density at radius 3 is 2.55 bits per heavy atom. The molecule has 2 aromatic rings. The number of hydrogen-bond donors (Lipinski definition) is 2. The summed E-state index contributed by atoms with van der Waals surface area (Å²) in [7, 11) is 0. The predicted octanol–water partition coefficient (Wildman–Crippen LogP) is 3.92. The molecule has 0 saturated heterocycles. The zero-order valence-corrected chi connectivity index (χ0v) is 17.8. The van der Waals surface area contributed by atoms with Gasteiger partial charge in [0.15, 0.2) is 0 Å². The van der Waals surface area contributed by atoms with Crippen LogP contribution < -0.4 is 10.9 Å². The monoisotopic (exact) mass is 436 g/mol. The molecule has 0 fully saturated rings. The molecule has 3 rings (SSSR count). The van der Waals surface area contributed by atoms with Crippen LogP contribution in [0.4, 0.5) is 4.79 Å². The van der Waals surface area contributed by atoms with E-state index in [4.69, 9.17) is 16.3 Å². The van der Waals surface area contributed by atoms with Crippen molar-refractivity contribution < 1.29 is 19.4 Å². The predicted molar refractivity (Wildman–Crippen MR) is 111 cm³/mol. The summed E-state index contributed by atoms with van der Waals surface area (Å²) in [4.78, 5) is 37.5. The molecule has 1 aliphatic heterocycles. The maximum atomic E-state index is 13.1. The number of carbonyl (C=O) groups excluding carboxylic acids is 1. The minimum Gasteiger partial charge on any atom is -0.478 e. The highest BCUT2D eigenvalue weighted by Gasteiger charge is 2.34. The van der Waals surface area contributed by atoms with Crippen LogP contribution >= 0.6 is 23.4 Å². The molecule has 2 heterocycles. The Kier molecular flexibility index (Phi) is 5.95. The van der Waals surface area contributed by atoms with Crippen LogP contribution in [0.3, 0.4) is 0 Å². The number of alkyl carbamates (subject to hydrolysis) is 1. The van der Waals surface area contributed by atoms with Crippen LogP contribution in [-0.2, 0) is 11.3 Å². The number of thioether (sulfide) groups is 1. The van der Waals surface area contributed by atoms with Gasteiger partial charge in [-0.15, -0.1) is 11.8 Å². The van der Waals surface area contributed by atoms with E-state index in [-0.39, 0.29) is 23.2 Å². The third kappa shape index (κ3) is 4.94. The number of nitrogens with zero attached hydrogens (tertiary/aromatic N) is 1. The number of aromatic nitrogens is 1. The van der Waals surface area contributed by atoms with Crippen LogP contribution in [0.2, 0.25) is 5.02 Å². The maximum Gasteiger partial charge on any atom is 0.408 e. The van der Waals surface area contributed by atoms with E-state index in [0.717, 1.165) is 5.56 Å². The van der Waals surface area contributed by atoms with Crippen LogP contribution in [-0.4, -0.2) is 33.1 Å². The van der Waals surface area contributed by atoms with E-state index in [1.54, 1.807) is 45.0 Å². The molecule has 0 saturated carbocycles. The lowest BCUT2D eigenvalue weighted by Gasteiger charge is -2.22. The van der Waals surface area contributed by atoms with Gasteiger partial charge in [-0.1, -0.05) is 23.7 Å². The van der Waals surface area contributed by atoms with E-state index in [9.17, 15) is 19.5 Å². The second-order valence-electron chi connectivity index (χ2n) is 7.66. The molecule has 0 unspecified atom stereocenters. The maximum absolute atomic E-state index is 13.1. The number of carboxylic acids is 1. The molecule has 9 heteroatoms. The number of rotatable bonds is 4. The normalized spacial score (nSPS) is 15.7. The second-order valence-corrected chi connectivity index (χ2v) is 9.13. The van der Waals surface area contributed by atoms with Crippen molar-refractivity contribution >= 4 is 35.4 Å². The third-order valence-corrected chi connectivity index (χ3v) is 5.68. The highest BCUT2D eigenvalue weighted by Crippen LogP contribution is 2.38. The second kappa shape index (κ2) is 8.12. The van der Waals surface area contributed by atoms with E-state index in [0.29, 0.717) is 15.7 Å². The van der Waals surface area contributed by atoms with E-state index < -0.39 is 23.7 Å². The summed E-state index contributed by atoms with van der Waals surface area (Å²) in [5.41, 5.74) is 0.0824. The molecular weight excluding hydrogens is 416 g/mol. The Morgan fingerprint density at radius 1 is 1.31 bits per heavy atom. The number of carboxylic acid groups (broad SMARTS) is 1. The number of benzene rings is 1. The summed E-state index contributed by atoms with van der Waals surface area (Å²) in [6.45, 7) is 5.41. The summed E-state index contributed by atoms with van der Waals surface area (Å²) < 4.78 is 6.62. The van der Waals surface area contributed by atoms with Gasteiger partial charge in [-0.2, -0.15) is 0 Å². The third-order valence-electron chi connectivity index (χ3n) is 4.20. The summed E-state index contributed by atoms with van der Waals surface area (Å²) in [5, 5.41) is 12.9. The van der Waals surface area contributed by atoms with Crippen molar-refractivity contribution in [3.63, 3.8) is 0 Å². The smallest absolute Gasteiger partial charge is 0.408 e. The molecule has 1 aromatic carbocycles. The van der Waals surface area contributed by atoms with Crippen molar-refractivity contribution in [1.82, 2.24) is 9.88 Å². The highest BCUT2D eigenvalue weighted by atomic mass is 35.5. The molecule has 154 valence electrons. The topological polar surface area (TPSA) is 97.6 Å². The van der Waals surface area contributed by atoms with Crippen LogP contribution in [0.1, 0.15) is 48.3 Å². The molecule has 1 amide bonds. The summed E-state index contributed by atoms with van der Waals surface area (Å²) in [6.07, 6.45) is 0.696. The first kappa shape index (κ1) is 21.3. The average molecular weight is 437 g/mol. The van der Waals surface area contributed by atoms with Gasteiger partial charge in [0.2, 0.25) is 0 Å². The van der Waals surface area contributed by atoms with Gasteiger partial charge < -0.3 is 19.7 Å². The van der Waals surface area contributed by atoms with Gasteiger partial charge in [-0.3, -0.25) is 4.79 Å². The van der Waals surface area contributed by atoms with E-state index in [1.165, 1.54) is 22.5 Å². The fraction of sp³-hybridized carbons (Fsp3) is 0.350. The number of carbonyl (C=O) groups is 2. The Morgan fingerprint density at radius 2 is 1.97 bits per heavy atom. The van der Waals surface area contributed by atoms with E-state index in [2.05, 4.69) is 5.32 Å². The standard InChI is InChI=1S/C20H21ClN2O5S/c1-20(2,3)28-19(27)22-14-10-29-16-13(18(25)26)9-23(17(24)15(14)16)8-11-4-6-12(21)7-5-11/h4-7,9,14H,8,10H2,1-3H3,(H,22,27)(H,25,26)/t14-/m0/s1. The Bertz CT molecular complexity index is 1010. The molecule has 0 aliphatic carbocycles. The fourth-order valence-corrected chi connectivity index (χ4v) is 4.39. The van der Waals surface area contributed by atoms with Crippen LogP contribution in [0, 0.1) is 0 Å². The summed E-state index contributed by atoms with van der Waals surface area (Å²) >= 11 is 7.14. The highest BCUT2D eigenvalue weighted by molar-refractivity contribution is 7.99. The Hall–Kier alpha value is -2.45. The SMILES string of the molecule is CC(C)(C)OC(=O)N[C@H]1CSc2c(C(=O)O)cn(Cc3ccc(Cl)cc3)c(=O)c21. The van der Waals surface area contributed by atoms with Crippen molar-refractivity contribution in [3.05, 3.63) is 62.5 Å². The lowest BCUT2D eigenvalue weighted by molar-refractivity contribution is 0.0508. The number of ether oxygens (including phenoxy) is 1. The zero-order chi connectivity index (χ0) is 21.3. The van der Waals surface area contributed by atoms with Gasteiger partial charge in [-0.25, -0.2) is 9.59 Å². The largest absolute Gasteiger partial charge is 0.478 e. The molecule has 29 heavy (non-hydrogen) atoms. The van der Waals surface area contributed by atoms with Gasteiger partial charge in [0.1, 0.15) is 5.60 Å². The quantitative estimate of drug-likeness (QED) is 0.753. The molecule has 0 spiro atoms. The van der Waals surface area contributed by atoms with Crippen molar-refractivity contribution in [3.8, 4) is 0 Å². The minimum absolute atomic E-state index is 0.0343. The molecule has 0 bridgehead atoms. The number of fused-ring (bicyclic) bond motifs is 1. The fourth-order valence-electron chi connectivity index (χ4n) is 3.00. The van der Waals surface area contributed by atoms with Crippen molar-refractivity contribution in [1.29, 1.82) is 0 Å². The molecule has 1 atom stereocenters. The van der Waals surface area contributed by atoms with E-state index >= 15 is 0 Å². The van der Waals surface area contributed by atoms with Gasteiger partial charge >= 0.3 is 12.1 Å². The summed E-state index contributed by atoms with van der Waals surface area (Å²) in [6, 6.07) is 6.32.